The van der Waals surface area contributed by atoms with Gasteiger partial charge in [0.1, 0.15) is 5.41 Å². The van der Waals surface area contributed by atoms with E-state index >= 15 is 0 Å². The second kappa shape index (κ2) is 5.01. The molecule has 0 bridgehead atoms. The molecule has 6 heteroatoms. The van der Waals surface area contributed by atoms with Crippen LogP contribution in [0.3, 0.4) is 0 Å². The van der Waals surface area contributed by atoms with Gasteiger partial charge < -0.3 is 16.4 Å². The minimum absolute atomic E-state index is 0. The Morgan fingerprint density at radius 2 is 1.81 bits per heavy atom. The molecular formula is C10H20ClN3O2. The molecule has 0 radical (unpaired) electrons. The van der Waals surface area contributed by atoms with E-state index in [1.165, 1.54) is 0 Å². The molecule has 2 amide bonds. The fourth-order valence-corrected chi connectivity index (χ4v) is 1.40. The summed E-state index contributed by atoms with van der Waals surface area (Å²) in [5, 5.41) is 5.23. The molecule has 5 nitrogen and oxygen atoms in total. The fourth-order valence-electron chi connectivity index (χ4n) is 1.40. The molecule has 0 heterocycles. The van der Waals surface area contributed by atoms with E-state index in [9.17, 15) is 9.59 Å². The maximum absolute atomic E-state index is 11.7. The molecule has 1 aliphatic carbocycles. The maximum atomic E-state index is 11.7. The molecule has 0 atom stereocenters. The molecular weight excluding hydrogens is 230 g/mol. The molecule has 1 aliphatic rings. The number of nitrogens with two attached hydrogens (primary N) is 1. The molecule has 1 saturated carbocycles. The van der Waals surface area contributed by atoms with Gasteiger partial charge in [-0.15, -0.1) is 12.4 Å². The highest BCUT2D eigenvalue weighted by Crippen LogP contribution is 2.45. The van der Waals surface area contributed by atoms with E-state index in [4.69, 9.17) is 5.73 Å². The zero-order chi connectivity index (χ0) is 11.7. The van der Waals surface area contributed by atoms with Gasteiger partial charge in [-0.1, -0.05) is 0 Å². The summed E-state index contributed by atoms with van der Waals surface area (Å²) in [7, 11) is 1.54. The van der Waals surface area contributed by atoms with E-state index in [1.54, 1.807) is 7.05 Å². The second-order valence-electron chi connectivity index (χ2n) is 4.83. The van der Waals surface area contributed by atoms with Crippen molar-refractivity contribution in [3.05, 3.63) is 0 Å². The van der Waals surface area contributed by atoms with Crippen molar-refractivity contribution in [2.24, 2.45) is 11.1 Å². The van der Waals surface area contributed by atoms with Crippen LogP contribution >= 0.6 is 12.4 Å². The molecule has 94 valence electrons. The van der Waals surface area contributed by atoms with Crippen LogP contribution in [0, 0.1) is 5.41 Å². The van der Waals surface area contributed by atoms with E-state index in [1.807, 2.05) is 13.8 Å². The highest BCUT2D eigenvalue weighted by Gasteiger charge is 2.56. The van der Waals surface area contributed by atoms with Gasteiger partial charge in [0.25, 0.3) is 0 Å². The Bertz CT molecular complexity index is 282. The SMILES string of the molecule is CNC(=O)C1(C(=O)NCC(C)(C)N)CC1.Cl. The molecule has 0 aromatic heterocycles. The van der Waals surface area contributed by atoms with Crippen LogP contribution in [0.2, 0.25) is 0 Å². The van der Waals surface area contributed by atoms with Crippen molar-refractivity contribution >= 4 is 24.2 Å². The summed E-state index contributed by atoms with van der Waals surface area (Å²) in [4.78, 5) is 23.2. The molecule has 1 rings (SSSR count). The van der Waals surface area contributed by atoms with Crippen molar-refractivity contribution in [1.29, 1.82) is 0 Å². The number of rotatable bonds is 4. The summed E-state index contributed by atoms with van der Waals surface area (Å²) in [5.41, 5.74) is 4.47. The van der Waals surface area contributed by atoms with Crippen molar-refractivity contribution < 1.29 is 9.59 Å². The minimum atomic E-state index is -0.819. The Morgan fingerprint density at radius 3 is 2.12 bits per heavy atom. The van der Waals surface area contributed by atoms with Crippen molar-refractivity contribution in [3.63, 3.8) is 0 Å². The highest BCUT2D eigenvalue weighted by atomic mass is 35.5. The Hall–Kier alpha value is -0.810. The van der Waals surface area contributed by atoms with E-state index < -0.39 is 11.0 Å². The molecule has 0 unspecified atom stereocenters. The molecule has 16 heavy (non-hydrogen) atoms. The molecule has 0 aromatic carbocycles. The number of carbonyl (C=O) groups excluding carboxylic acids is 2. The molecule has 0 aromatic rings. The Morgan fingerprint density at radius 1 is 1.31 bits per heavy atom. The summed E-state index contributed by atoms with van der Waals surface area (Å²) in [6.45, 7) is 4.03. The first kappa shape index (κ1) is 15.2. The Kier molecular flexibility index (Phi) is 4.76. The van der Waals surface area contributed by atoms with Gasteiger partial charge in [-0.2, -0.15) is 0 Å². The standard InChI is InChI=1S/C10H19N3O2.ClH/c1-9(2,11)6-13-8(15)10(4-5-10)7(14)12-3;/h4-6,11H2,1-3H3,(H,12,14)(H,13,15);1H. The van der Waals surface area contributed by atoms with Crippen LogP contribution < -0.4 is 16.4 Å². The van der Waals surface area contributed by atoms with Gasteiger partial charge in [-0.05, 0) is 26.7 Å². The largest absolute Gasteiger partial charge is 0.358 e. The van der Waals surface area contributed by atoms with Gasteiger partial charge in [0.2, 0.25) is 11.8 Å². The summed E-state index contributed by atoms with van der Waals surface area (Å²) < 4.78 is 0. The Balaban J connectivity index is 0.00000225. The van der Waals surface area contributed by atoms with Crippen LogP contribution in [0.15, 0.2) is 0 Å². The van der Waals surface area contributed by atoms with Crippen LogP contribution in [-0.4, -0.2) is 30.9 Å². The van der Waals surface area contributed by atoms with E-state index in [0.717, 1.165) is 0 Å². The van der Waals surface area contributed by atoms with Crippen molar-refractivity contribution in [3.8, 4) is 0 Å². The summed E-state index contributed by atoms with van der Waals surface area (Å²) in [6, 6.07) is 0. The number of hydrogen-bond acceptors (Lipinski definition) is 3. The lowest BCUT2D eigenvalue weighted by Crippen LogP contribution is -2.49. The first-order valence-corrected chi connectivity index (χ1v) is 5.11. The first-order valence-electron chi connectivity index (χ1n) is 5.11. The minimum Gasteiger partial charge on any atom is -0.358 e. The molecule has 4 N–H and O–H groups in total. The van der Waals surface area contributed by atoms with Crippen molar-refractivity contribution in [1.82, 2.24) is 10.6 Å². The van der Waals surface area contributed by atoms with Gasteiger partial charge in [0.15, 0.2) is 0 Å². The van der Waals surface area contributed by atoms with E-state index in [2.05, 4.69) is 10.6 Å². The molecule has 1 fully saturated rings. The predicted octanol–water partition coefficient (Wildman–Crippen LogP) is -0.212. The number of carbonyl (C=O) groups is 2. The smallest absolute Gasteiger partial charge is 0.235 e. The quantitative estimate of drug-likeness (QED) is 0.603. The average Bonchev–Trinajstić information content (AvgIpc) is 2.92. The third-order valence-electron chi connectivity index (χ3n) is 2.55. The number of hydrogen-bond donors (Lipinski definition) is 3. The summed E-state index contributed by atoms with van der Waals surface area (Å²) in [5.74, 6) is -0.407. The topological polar surface area (TPSA) is 84.2 Å². The highest BCUT2D eigenvalue weighted by molar-refractivity contribution is 6.07. The van der Waals surface area contributed by atoms with Crippen molar-refractivity contribution in [2.45, 2.75) is 32.2 Å². The zero-order valence-corrected chi connectivity index (χ0v) is 10.7. The molecule has 0 spiro atoms. The number of halogens is 1. The summed E-state index contributed by atoms with van der Waals surface area (Å²) in [6.07, 6.45) is 1.26. The normalized spacial score (nSPS) is 17.0. The third-order valence-corrected chi connectivity index (χ3v) is 2.55. The monoisotopic (exact) mass is 249 g/mol. The zero-order valence-electron chi connectivity index (χ0n) is 9.92. The van der Waals surface area contributed by atoms with Gasteiger partial charge >= 0.3 is 0 Å². The van der Waals surface area contributed by atoms with Crippen LogP contribution in [0.1, 0.15) is 26.7 Å². The number of nitrogens with one attached hydrogen (secondary N) is 2. The third kappa shape index (κ3) is 3.35. The Labute approximate surface area is 102 Å². The van der Waals surface area contributed by atoms with Crippen molar-refractivity contribution in [2.75, 3.05) is 13.6 Å². The molecule has 0 aliphatic heterocycles. The van der Waals surface area contributed by atoms with Crippen LogP contribution in [-0.2, 0) is 9.59 Å². The van der Waals surface area contributed by atoms with Crippen LogP contribution in [0.5, 0.6) is 0 Å². The van der Waals surface area contributed by atoms with Gasteiger partial charge in [-0.25, -0.2) is 0 Å². The van der Waals surface area contributed by atoms with Gasteiger partial charge in [0.05, 0.1) is 0 Å². The lowest BCUT2D eigenvalue weighted by atomic mass is 10.0. The number of amides is 2. The van der Waals surface area contributed by atoms with Gasteiger partial charge in [0, 0.05) is 19.1 Å². The average molecular weight is 250 g/mol. The fraction of sp³-hybridized carbons (Fsp3) is 0.800. The van der Waals surface area contributed by atoms with Crippen LogP contribution in [0.25, 0.3) is 0 Å². The predicted molar refractivity (Wildman–Crippen MR) is 64.3 cm³/mol. The van der Waals surface area contributed by atoms with Crippen LogP contribution in [0.4, 0.5) is 0 Å². The first-order chi connectivity index (χ1) is 6.82. The molecule has 0 saturated heterocycles. The summed E-state index contributed by atoms with van der Waals surface area (Å²) >= 11 is 0. The van der Waals surface area contributed by atoms with Gasteiger partial charge in [-0.3, -0.25) is 9.59 Å². The van der Waals surface area contributed by atoms with E-state index in [0.29, 0.717) is 19.4 Å². The lowest BCUT2D eigenvalue weighted by molar-refractivity contribution is -0.137. The lowest BCUT2D eigenvalue weighted by Gasteiger charge is -2.21. The van der Waals surface area contributed by atoms with E-state index in [-0.39, 0.29) is 24.2 Å². The maximum Gasteiger partial charge on any atom is 0.235 e. The second-order valence-corrected chi connectivity index (χ2v) is 4.83.